The van der Waals surface area contributed by atoms with Gasteiger partial charge in [0.2, 0.25) is 0 Å². The van der Waals surface area contributed by atoms with Crippen LogP contribution in [0.4, 0.5) is 0 Å². The lowest BCUT2D eigenvalue weighted by molar-refractivity contribution is -0.295. The van der Waals surface area contributed by atoms with Crippen LogP contribution >= 0.6 is 0 Å². The van der Waals surface area contributed by atoms with E-state index in [1.807, 2.05) is 0 Å². The van der Waals surface area contributed by atoms with Crippen molar-refractivity contribution in [3.8, 4) is 0 Å². The molecule has 0 saturated heterocycles. The maximum absolute atomic E-state index is 12.1. The zero-order valence-electron chi connectivity index (χ0n) is 57.8. The standard InChI is InChI=1S/C72H126O21/c1-2-3-4-5-6-7-8-9-11-41-62-92-93-63-42-21-30-51-72(82)91-61-40-20-29-50-71(81)90-60-39-19-28-49-70(80)89-59-38-18-27-48-69(79)88-58-37-17-26-47-68(78)87-57-36-16-25-46-67(77)86-56-35-15-24-45-66(76)85-55-34-14-23-44-65(75)84-54-33-13-22-43-64(74)83-53-32-12-10-31-52-73/h52H,2-51,53-63H2,1H3. The fourth-order valence-electron chi connectivity index (χ4n) is 9.59. The Bertz CT molecular complexity index is 1840. The van der Waals surface area contributed by atoms with E-state index in [4.69, 9.17) is 52.4 Å². The largest absolute Gasteiger partial charge is 0.466 e. The maximum atomic E-state index is 12.1. The molecule has 540 valence electrons. The summed E-state index contributed by atoms with van der Waals surface area (Å²) in [7, 11) is 0. The van der Waals surface area contributed by atoms with E-state index >= 15 is 0 Å². The highest BCUT2D eigenvalue weighted by atomic mass is 17.2. The Morgan fingerprint density at radius 2 is 0.344 bits per heavy atom. The number of esters is 9. The van der Waals surface area contributed by atoms with Gasteiger partial charge in [-0.3, -0.25) is 43.2 Å². The molecule has 0 bridgehead atoms. The Morgan fingerprint density at radius 3 is 0.527 bits per heavy atom. The summed E-state index contributed by atoms with van der Waals surface area (Å²) in [6.45, 7) is 6.23. The molecule has 0 aromatic carbocycles. The van der Waals surface area contributed by atoms with Crippen LogP contribution in [0.15, 0.2) is 0 Å². The zero-order valence-corrected chi connectivity index (χ0v) is 57.8. The Kier molecular flexibility index (Phi) is 67.2. The van der Waals surface area contributed by atoms with Gasteiger partial charge in [0.1, 0.15) is 6.29 Å². The number of unbranched alkanes of at least 4 members (excludes halogenated alkanes) is 30. The number of hydrogen-bond acceptors (Lipinski definition) is 21. The second-order valence-corrected chi connectivity index (χ2v) is 24.1. The first-order chi connectivity index (χ1) is 45.5. The Hall–Kier alpha value is -5.18. The predicted octanol–water partition coefficient (Wildman–Crippen LogP) is 15.5. The van der Waals surface area contributed by atoms with Gasteiger partial charge in [-0.2, -0.15) is 0 Å². The molecule has 0 heterocycles. The van der Waals surface area contributed by atoms with E-state index in [1.165, 1.54) is 57.8 Å². The summed E-state index contributed by atoms with van der Waals surface area (Å²) in [6, 6.07) is 0. The third kappa shape index (κ3) is 71.0. The van der Waals surface area contributed by atoms with E-state index in [0.717, 1.165) is 103 Å². The van der Waals surface area contributed by atoms with Crippen molar-refractivity contribution >= 4 is 60.0 Å². The van der Waals surface area contributed by atoms with Crippen molar-refractivity contribution in [2.75, 3.05) is 72.7 Å². The van der Waals surface area contributed by atoms with Gasteiger partial charge < -0.3 is 47.4 Å². The molecule has 0 aromatic rings. The van der Waals surface area contributed by atoms with Crippen LogP contribution < -0.4 is 0 Å². The normalized spacial score (nSPS) is 11.0. The van der Waals surface area contributed by atoms with Gasteiger partial charge >= 0.3 is 53.7 Å². The fraction of sp³-hybridized carbons (Fsp3) is 0.861. The molecule has 0 radical (unpaired) electrons. The molecule has 93 heavy (non-hydrogen) atoms. The topological polar surface area (TPSA) is 272 Å². The Balaban J connectivity index is 3.48. The van der Waals surface area contributed by atoms with Gasteiger partial charge in [0.05, 0.1) is 72.7 Å². The number of ether oxygens (including phenoxy) is 9. The SMILES string of the molecule is CCCCCCCCCCCCOOCCCCCC(=O)OCCCCCC(=O)OCCCCCC(=O)OCCCCCC(=O)OCCCCCC(=O)OCCCCCC(=O)OCCCCCC(=O)OCCCCCC(=O)OCCCCCC(=O)OCCCCCC=O. The molecule has 0 spiro atoms. The van der Waals surface area contributed by atoms with Crippen molar-refractivity contribution in [1.82, 2.24) is 0 Å². The summed E-state index contributed by atoms with van der Waals surface area (Å²) in [5, 5.41) is 0. The maximum Gasteiger partial charge on any atom is 0.305 e. The summed E-state index contributed by atoms with van der Waals surface area (Å²) in [5.41, 5.74) is 0. The predicted molar refractivity (Wildman–Crippen MR) is 353 cm³/mol. The van der Waals surface area contributed by atoms with Crippen molar-refractivity contribution in [1.29, 1.82) is 0 Å². The van der Waals surface area contributed by atoms with Crippen LogP contribution in [0, 0.1) is 0 Å². The molecular formula is C72H126O21. The molecular weight excluding hydrogens is 1200 g/mol. The minimum Gasteiger partial charge on any atom is -0.466 e. The minimum atomic E-state index is -0.277. The first-order valence-corrected chi connectivity index (χ1v) is 36.5. The lowest BCUT2D eigenvalue weighted by atomic mass is 10.1. The first-order valence-electron chi connectivity index (χ1n) is 36.5. The summed E-state index contributed by atoms with van der Waals surface area (Å²) < 4.78 is 47.6. The van der Waals surface area contributed by atoms with E-state index in [1.54, 1.807) is 0 Å². The second kappa shape index (κ2) is 71.1. The van der Waals surface area contributed by atoms with Gasteiger partial charge in [0, 0.05) is 64.2 Å². The highest BCUT2D eigenvalue weighted by Crippen LogP contribution is 2.14. The second-order valence-electron chi connectivity index (χ2n) is 24.1. The van der Waals surface area contributed by atoms with Crippen LogP contribution in [0.5, 0.6) is 0 Å². The van der Waals surface area contributed by atoms with Gasteiger partial charge in [0.25, 0.3) is 0 Å². The summed E-state index contributed by atoms with van der Waals surface area (Å²) in [6.07, 6.45) is 38.4. The molecule has 0 fully saturated rings. The number of hydrogen-bond donors (Lipinski definition) is 0. The van der Waals surface area contributed by atoms with Gasteiger partial charge in [-0.15, -0.1) is 0 Å². The number of carbonyl (C=O) groups is 10. The lowest BCUT2D eigenvalue weighted by Gasteiger charge is -2.07. The van der Waals surface area contributed by atoms with Crippen LogP contribution in [-0.4, -0.2) is 133 Å². The highest BCUT2D eigenvalue weighted by molar-refractivity contribution is 5.72. The van der Waals surface area contributed by atoms with Crippen molar-refractivity contribution < 1.29 is 100 Å². The van der Waals surface area contributed by atoms with Crippen LogP contribution in [0.3, 0.4) is 0 Å². The molecule has 0 saturated carbocycles. The number of aldehydes is 1. The summed E-state index contributed by atoms with van der Waals surface area (Å²) in [5.74, 6) is -2.30. The molecule has 0 aliphatic carbocycles. The third-order valence-electron chi connectivity index (χ3n) is 15.3. The van der Waals surface area contributed by atoms with Crippen LogP contribution in [-0.2, 0) is 100 Å². The molecule has 21 heteroatoms. The molecule has 0 unspecified atom stereocenters. The zero-order chi connectivity index (χ0) is 67.8. The molecule has 0 aromatic heterocycles. The number of rotatable bonds is 72. The van der Waals surface area contributed by atoms with Crippen molar-refractivity contribution in [2.24, 2.45) is 0 Å². The third-order valence-corrected chi connectivity index (χ3v) is 15.3. The highest BCUT2D eigenvalue weighted by Gasteiger charge is 2.12. The molecule has 0 aliphatic heterocycles. The average molecular weight is 1330 g/mol. The monoisotopic (exact) mass is 1330 g/mol. The molecule has 0 N–H and O–H groups in total. The van der Waals surface area contributed by atoms with Gasteiger partial charge in [-0.1, -0.05) is 71.1 Å². The average Bonchev–Trinajstić information content (AvgIpc) is 3.63. The molecule has 21 nitrogen and oxygen atoms in total. The number of carbonyl (C=O) groups excluding carboxylic acids is 10. The van der Waals surface area contributed by atoms with Crippen LogP contribution in [0.1, 0.15) is 328 Å². The van der Waals surface area contributed by atoms with Crippen molar-refractivity contribution in [3.63, 3.8) is 0 Å². The summed E-state index contributed by atoms with van der Waals surface area (Å²) >= 11 is 0. The molecule has 0 atom stereocenters. The lowest BCUT2D eigenvalue weighted by Crippen LogP contribution is -2.09. The summed E-state index contributed by atoms with van der Waals surface area (Å²) in [4.78, 5) is 129. The Morgan fingerprint density at radius 1 is 0.194 bits per heavy atom. The molecule has 0 amide bonds. The van der Waals surface area contributed by atoms with Crippen molar-refractivity contribution in [3.05, 3.63) is 0 Å². The Labute approximate surface area is 558 Å². The van der Waals surface area contributed by atoms with E-state index in [2.05, 4.69) is 6.92 Å². The van der Waals surface area contributed by atoms with E-state index < -0.39 is 0 Å². The van der Waals surface area contributed by atoms with Gasteiger partial charge in [-0.25, -0.2) is 9.78 Å². The minimum absolute atomic E-state index is 0.197. The van der Waals surface area contributed by atoms with Crippen LogP contribution in [0.2, 0.25) is 0 Å². The van der Waals surface area contributed by atoms with Crippen LogP contribution in [0.25, 0.3) is 0 Å². The van der Waals surface area contributed by atoms with E-state index in [0.29, 0.717) is 207 Å². The molecule has 0 aliphatic rings. The van der Waals surface area contributed by atoms with Gasteiger partial charge in [0.15, 0.2) is 0 Å². The van der Waals surface area contributed by atoms with E-state index in [9.17, 15) is 47.9 Å². The fourth-order valence-corrected chi connectivity index (χ4v) is 9.59. The van der Waals surface area contributed by atoms with E-state index in [-0.39, 0.29) is 86.2 Å². The quantitative estimate of drug-likeness (QED) is 0.0137. The smallest absolute Gasteiger partial charge is 0.305 e. The first kappa shape index (κ1) is 87.8. The molecule has 0 rings (SSSR count). The van der Waals surface area contributed by atoms with Gasteiger partial charge in [-0.05, 0) is 193 Å². The van der Waals surface area contributed by atoms with Crippen molar-refractivity contribution in [2.45, 2.75) is 328 Å².